The van der Waals surface area contributed by atoms with E-state index in [9.17, 15) is 4.79 Å². The minimum absolute atomic E-state index is 0.00960. The summed E-state index contributed by atoms with van der Waals surface area (Å²) in [7, 11) is 0. The maximum atomic E-state index is 13.1. The van der Waals surface area contributed by atoms with Crippen LogP contribution in [0.1, 0.15) is 37.7 Å². The molecule has 1 aliphatic heterocycles. The summed E-state index contributed by atoms with van der Waals surface area (Å²) in [6.07, 6.45) is 10.1. The number of aromatic nitrogens is 2. The van der Waals surface area contributed by atoms with Crippen LogP contribution in [-0.2, 0) is 11.3 Å². The Bertz CT molecular complexity index is 1280. The molecule has 3 aromatic rings. The summed E-state index contributed by atoms with van der Waals surface area (Å²) >= 11 is 0. The number of hydrogen-bond acceptors (Lipinski definition) is 6. The molecule has 7 nitrogen and oxygen atoms in total. The van der Waals surface area contributed by atoms with E-state index in [1.54, 1.807) is 12.4 Å². The van der Waals surface area contributed by atoms with Gasteiger partial charge >= 0.3 is 0 Å². The van der Waals surface area contributed by atoms with E-state index in [4.69, 9.17) is 4.74 Å². The van der Waals surface area contributed by atoms with Gasteiger partial charge in [-0.25, -0.2) is 9.97 Å². The van der Waals surface area contributed by atoms with Crippen LogP contribution in [0.4, 0.5) is 5.69 Å². The van der Waals surface area contributed by atoms with Crippen molar-refractivity contribution < 1.29 is 9.53 Å². The molecule has 1 aromatic heterocycles. The molecule has 0 radical (unpaired) electrons. The number of benzene rings is 2. The van der Waals surface area contributed by atoms with Crippen molar-refractivity contribution in [1.82, 2.24) is 20.2 Å². The second-order valence-corrected chi connectivity index (χ2v) is 12.3. The van der Waals surface area contributed by atoms with Gasteiger partial charge in [0.05, 0.1) is 0 Å². The molecule has 8 rings (SSSR count). The zero-order chi connectivity index (χ0) is 26.9. The third-order valence-corrected chi connectivity index (χ3v) is 9.69. The number of carbonyl (C=O) groups is 1. The summed E-state index contributed by atoms with van der Waals surface area (Å²) in [6, 6.07) is 18.9. The lowest BCUT2D eigenvalue weighted by Crippen LogP contribution is -2.56. The lowest BCUT2D eigenvalue weighted by Gasteiger charge is -2.54. The van der Waals surface area contributed by atoms with Gasteiger partial charge in [0.2, 0.25) is 0 Å². The van der Waals surface area contributed by atoms with Gasteiger partial charge in [-0.1, -0.05) is 18.2 Å². The Balaban J connectivity index is 1.02. The quantitative estimate of drug-likeness (QED) is 0.446. The number of piperazine rings is 1. The number of carbonyl (C=O) groups excluding carboxylic acids is 1. The van der Waals surface area contributed by atoms with Gasteiger partial charge in [-0.3, -0.25) is 9.69 Å². The molecule has 5 fully saturated rings. The highest BCUT2D eigenvalue weighted by Gasteiger charge is 2.48. The van der Waals surface area contributed by atoms with Crippen LogP contribution in [0.2, 0.25) is 0 Å². The molecule has 4 aliphatic carbocycles. The second-order valence-electron chi connectivity index (χ2n) is 12.3. The van der Waals surface area contributed by atoms with Gasteiger partial charge < -0.3 is 15.0 Å². The van der Waals surface area contributed by atoms with Crippen LogP contribution in [0.3, 0.4) is 0 Å². The average Bonchev–Trinajstić information content (AvgIpc) is 2.99. The molecular formula is C33H39N5O2. The Morgan fingerprint density at radius 1 is 0.850 bits per heavy atom. The van der Waals surface area contributed by atoms with Crippen molar-refractivity contribution in [3.05, 3.63) is 72.6 Å². The van der Waals surface area contributed by atoms with Gasteiger partial charge in [0.1, 0.15) is 5.75 Å². The molecule has 7 heteroatoms. The van der Waals surface area contributed by atoms with E-state index >= 15 is 0 Å². The molecule has 1 amide bonds. The molecule has 4 bridgehead atoms. The summed E-state index contributed by atoms with van der Waals surface area (Å²) in [5, 5.41) is 3.39. The molecular weight excluding hydrogens is 498 g/mol. The van der Waals surface area contributed by atoms with E-state index < -0.39 is 0 Å². The SMILES string of the molecule is O=C(COc1ccc(-c2ncccn2)cc1CN1CCN(c2ccccc2)CC1)NC1C2CC3CC(C2)CC1C3. The Morgan fingerprint density at radius 3 is 2.25 bits per heavy atom. The second kappa shape index (κ2) is 11.2. The molecule has 208 valence electrons. The molecule has 1 saturated heterocycles. The van der Waals surface area contributed by atoms with Crippen molar-refractivity contribution in [2.75, 3.05) is 37.7 Å². The predicted octanol–water partition coefficient (Wildman–Crippen LogP) is 4.79. The Morgan fingerprint density at radius 2 is 1.55 bits per heavy atom. The minimum atomic E-state index is 0.00960. The van der Waals surface area contributed by atoms with E-state index in [-0.39, 0.29) is 12.5 Å². The number of nitrogens with zero attached hydrogens (tertiary/aromatic N) is 4. The number of nitrogens with one attached hydrogen (secondary N) is 1. The van der Waals surface area contributed by atoms with Gasteiger partial charge in [-0.05, 0) is 92.2 Å². The van der Waals surface area contributed by atoms with Crippen molar-refractivity contribution in [2.24, 2.45) is 23.7 Å². The standard InChI is InChI=1S/C33H39N5O2/c39-31(36-32-26-16-23-15-24(18-26)19-27(32)17-23)22-40-30-8-7-25(33-34-9-4-10-35-33)20-28(30)21-37-11-13-38(14-12-37)29-5-2-1-3-6-29/h1-10,20,23-24,26-27,32H,11-19,21-22H2,(H,36,39). The summed E-state index contributed by atoms with van der Waals surface area (Å²) in [6.45, 7) is 4.71. The fraction of sp³-hybridized carbons (Fsp3) is 0.485. The number of rotatable bonds is 8. The zero-order valence-electron chi connectivity index (χ0n) is 23.1. The van der Waals surface area contributed by atoms with Crippen molar-refractivity contribution >= 4 is 11.6 Å². The Hall–Kier alpha value is -3.45. The fourth-order valence-corrected chi connectivity index (χ4v) is 8.01. The highest BCUT2D eigenvalue weighted by atomic mass is 16.5. The van der Waals surface area contributed by atoms with Crippen LogP contribution >= 0.6 is 0 Å². The van der Waals surface area contributed by atoms with Crippen molar-refractivity contribution in [3.8, 4) is 17.1 Å². The summed E-state index contributed by atoms with van der Waals surface area (Å²) in [4.78, 5) is 26.9. The third-order valence-electron chi connectivity index (χ3n) is 9.69. The fourth-order valence-electron chi connectivity index (χ4n) is 8.01. The van der Waals surface area contributed by atoms with Crippen LogP contribution < -0.4 is 15.0 Å². The summed E-state index contributed by atoms with van der Waals surface area (Å²) in [5.74, 6) is 4.60. The highest BCUT2D eigenvalue weighted by molar-refractivity contribution is 5.78. The number of para-hydroxylation sites is 1. The molecule has 2 heterocycles. The molecule has 1 N–H and O–H groups in total. The smallest absolute Gasteiger partial charge is 0.258 e. The molecule has 2 aromatic carbocycles. The van der Waals surface area contributed by atoms with E-state index in [0.29, 0.717) is 23.7 Å². The molecule has 5 aliphatic rings. The lowest BCUT2D eigenvalue weighted by atomic mass is 9.54. The van der Waals surface area contributed by atoms with Crippen molar-refractivity contribution in [3.63, 3.8) is 0 Å². The van der Waals surface area contributed by atoms with Gasteiger partial charge in [0.25, 0.3) is 5.91 Å². The van der Waals surface area contributed by atoms with Gasteiger partial charge in [0, 0.05) is 68.0 Å². The summed E-state index contributed by atoms with van der Waals surface area (Å²) in [5.41, 5.74) is 3.31. The van der Waals surface area contributed by atoms with Crippen molar-refractivity contribution in [2.45, 2.75) is 44.7 Å². The number of hydrogen-bond donors (Lipinski definition) is 1. The van der Waals surface area contributed by atoms with Crippen LogP contribution in [0.15, 0.2) is 67.0 Å². The maximum Gasteiger partial charge on any atom is 0.258 e. The molecule has 0 atom stereocenters. The number of amides is 1. The highest BCUT2D eigenvalue weighted by Crippen LogP contribution is 2.53. The van der Waals surface area contributed by atoms with Gasteiger partial charge in [0.15, 0.2) is 12.4 Å². The maximum absolute atomic E-state index is 13.1. The van der Waals surface area contributed by atoms with Crippen LogP contribution in [0.5, 0.6) is 5.75 Å². The van der Waals surface area contributed by atoms with E-state index in [1.165, 1.54) is 37.8 Å². The lowest BCUT2D eigenvalue weighted by molar-refractivity contribution is -0.127. The molecule has 0 unspecified atom stereocenters. The first-order valence-corrected chi connectivity index (χ1v) is 15.0. The monoisotopic (exact) mass is 537 g/mol. The Labute approximate surface area is 237 Å². The number of ether oxygens (including phenoxy) is 1. The van der Waals surface area contributed by atoms with E-state index in [0.717, 1.165) is 61.4 Å². The average molecular weight is 538 g/mol. The van der Waals surface area contributed by atoms with E-state index in [1.807, 2.05) is 18.2 Å². The first-order chi connectivity index (χ1) is 19.7. The predicted molar refractivity (Wildman–Crippen MR) is 156 cm³/mol. The molecule has 4 saturated carbocycles. The summed E-state index contributed by atoms with van der Waals surface area (Å²) < 4.78 is 6.23. The zero-order valence-corrected chi connectivity index (χ0v) is 23.1. The molecule has 0 spiro atoms. The largest absolute Gasteiger partial charge is 0.483 e. The van der Waals surface area contributed by atoms with Crippen LogP contribution in [0.25, 0.3) is 11.4 Å². The van der Waals surface area contributed by atoms with E-state index in [2.05, 4.69) is 61.5 Å². The van der Waals surface area contributed by atoms with Crippen molar-refractivity contribution in [1.29, 1.82) is 0 Å². The normalized spacial score (nSPS) is 27.5. The number of anilines is 1. The Kier molecular flexibility index (Phi) is 7.14. The van der Waals surface area contributed by atoms with Gasteiger partial charge in [-0.2, -0.15) is 0 Å². The molecule has 40 heavy (non-hydrogen) atoms. The first-order valence-electron chi connectivity index (χ1n) is 15.0. The van der Waals surface area contributed by atoms with Crippen LogP contribution in [-0.4, -0.2) is 59.6 Å². The van der Waals surface area contributed by atoms with Crippen LogP contribution in [0, 0.1) is 23.7 Å². The minimum Gasteiger partial charge on any atom is -0.483 e. The van der Waals surface area contributed by atoms with Gasteiger partial charge in [-0.15, -0.1) is 0 Å². The topological polar surface area (TPSA) is 70.6 Å². The third kappa shape index (κ3) is 5.44. The first kappa shape index (κ1) is 25.5.